The molecule has 2 saturated heterocycles. The highest BCUT2D eigenvalue weighted by atomic mass is 16.6. The molecule has 0 aromatic heterocycles. The molecule has 3 fully saturated rings. The van der Waals surface area contributed by atoms with Gasteiger partial charge in [-0.05, 0) is 26.7 Å². The summed E-state index contributed by atoms with van der Waals surface area (Å²) in [6.07, 6.45) is 4.90. The molecule has 0 radical (unpaired) electrons. The zero-order valence-corrected chi connectivity index (χ0v) is 12.6. The van der Waals surface area contributed by atoms with Gasteiger partial charge in [-0.3, -0.25) is 4.79 Å². The number of hydrogen-bond donors (Lipinski definition) is 1. The molecular weight excluding hydrogens is 256 g/mol. The van der Waals surface area contributed by atoms with Crippen LogP contribution in [-0.4, -0.2) is 53.9 Å². The summed E-state index contributed by atoms with van der Waals surface area (Å²) in [5.74, 6) is 0.0886. The molecule has 3 aliphatic rings. The summed E-state index contributed by atoms with van der Waals surface area (Å²) in [6, 6.07) is 0. The van der Waals surface area contributed by atoms with E-state index in [9.17, 15) is 4.79 Å². The first-order valence-electron chi connectivity index (χ1n) is 7.71. The minimum atomic E-state index is -0.672. The normalized spacial score (nSPS) is 38.4. The molecule has 1 aliphatic carbocycles. The number of amides is 1. The highest BCUT2D eigenvalue weighted by Gasteiger charge is 2.49. The highest BCUT2D eigenvalue weighted by molar-refractivity contribution is 5.86. The lowest BCUT2D eigenvalue weighted by atomic mass is 9.81. The van der Waals surface area contributed by atoms with E-state index in [1.807, 2.05) is 18.7 Å². The molecule has 5 nitrogen and oxygen atoms in total. The van der Waals surface area contributed by atoms with Crippen LogP contribution in [-0.2, 0) is 14.3 Å². The van der Waals surface area contributed by atoms with Crippen molar-refractivity contribution in [2.45, 2.75) is 62.7 Å². The predicted molar refractivity (Wildman–Crippen MR) is 75.3 cm³/mol. The van der Waals surface area contributed by atoms with E-state index in [4.69, 9.17) is 15.2 Å². The van der Waals surface area contributed by atoms with Gasteiger partial charge in [0.25, 0.3) is 0 Å². The Balaban J connectivity index is 1.71. The van der Waals surface area contributed by atoms with E-state index >= 15 is 0 Å². The maximum atomic E-state index is 12.9. The maximum absolute atomic E-state index is 12.9. The fourth-order valence-corrected chi connectivity index (χ4v) is 3.15. The zero-order valence-electron chi connectivity index (χ0n) is 12.6. The van der Waals surface area contributed by atoms with Gasteiger partial charge in [0.2, 0.25) is 5.91 Å². The van der Waals surface area contributed by atoms with Gasteiger partial charge in [-0.25, -0.2) is 0 Å². The van der Waals surface area contributed by atoms with Gasteiger partial charge in [-0.2, -0.15) is 0 Å². The van der Waals surface area contributed by atoms with Gasteiger partial charge < -0.3 is 20.1 Å². The van der Waals surface area contributed by atoms with Crippen LogP contribution in [0.4, 0.5) is 0 Å². The molecule has 2 N–H and O–H groups in total. The number of nitrogens with zero attached hydrogens (tertiary/aromatic N) is 1. The monoisotopic (exact) mass is 282 g/mol. The molecule has 20 heavy (non-hydrogen) atoms. The Morgan fingerprint density at radius 3 is 1.90 bits per heavy atom. The van der Waals surface area contributed by atoms with Crippen molar-refractivity contribution in [3.63, 3.8) is 0 Å². The van der Waals surface area contributed by atoms with Crippen molar-refractivity contribution in [2.24, 2.45) is 5.73 Å². The molecule has 0 aromatic rings. The third-order valence-corrected chi connectivity index (χ3v) is 4.78. The van der Waals surface area contributed by atoms with Crippen LogP contribution in [0.2, 0.25) is 0 Å². The van der Waals surface area contributed by atoms with Crippen molar-refractivity contribution in [1.82, 2.24) is 4.90 Å². The summed E-state index contributed by atoms with van der Waals surface area (Å²) in [5.41, 5.74) is 5.39. The first-order chi connectivity index (χ1) is 9.34. The van der Waals surface area contributed by atoms with Crippen molar-refractivity contribution < 1.29 is 14.3 Å². The van der Waals surface area contributed by atoms with Crippen molar-refractivity contribution >= 4 is 5.91 Å². The van der Waals surface area contributed by atoms with Crippen LogP contribution in [0.25, 0.3) is 0 Å². The highest BCUT2D eigenvalue weighted by Crippen LogP contribution is 2.34. The van der Waals surface area contributed by atoms with Crippen molar-refractivity contribution in [2.75, 3.05) is 26.3 Å². The molecule has 1 amide bonds. The molecule has 2 unspecified atom stereocenters. The molecule has 2 atom stereocenters. The van der Waals surface area contributed by atoms with E-state index in [1.54, 1.807) is 0 Å². The third-order valence-electron chi connectivity index (χ3n) is 4.78. The van der Waals surface area contributed by atoms with Gasteiger partial charge in [0, 0.05) is 0 Å². The van der Waals surface area contributed by atoms with Gasteiger partial charge in [-0.15, -0.1) is 0 Å². The number of ether oxygens (including phenoxy) is 2. The average molecular weight is 282 g/mol. The van der Waals surface area contributed by atoms with E-state index < -0.39 is 5.54 Å². The van der Waals surface area contributed by atoms with E-state index in [0.29, 0.717) is 13.1 Å². The summed E-state index contributed by atoms with van der Waals surface area (Å²) in [7, 11) is 0. The second-order valence-electron chi connectivity index (χ2n) is 7.36. The molecule has 0 aromatic carbocycles. The molecule has 5 heteroatoms. The quantitative estimate of drug-likeness (QED) is 0.765. The Hall–Kier alpha value is -0.650. The maximum Gasteiger partial charge on any atom is 0.242 e. The average Bonchev–Trinajstić information content (AvgIpc) is 3.30. The van der Waals surface area contributed by atoms with Crippen LogP contribution in [0.15, 0.2) is 0 Å². The number of hydrogen-bond acceptors (Lipinski definition) is 4. The van der Waals surface area contributed by atoms with Crippen LogP contribution < -0.4 is 5.73 Å². The Labute approximate surface area is 120 Å². The Kier molecular flexibility index (Phi) is 3.35. The first kappa shape index (κ1) is 14.3. The predicted octanol–water partition coefficient (Wildman–Crippen LogP) is 1.05. The fourth-order valence-electron chi connectivity index (χ4n) is 3.15. The van der Waals surface area contributed by atoms with Gasteiger partial charge in [-0.1, -0.05) is 19.3 Å². The summed E-state index contributed by atoms with van der Waals surface area (Å²) in [6.45, 7) is 6.81. The molecule has 0 bridgehead atoms. The third kappa shape index (κ3) is 3.00. The molecule has 1 saturated carbocycles. The van der Waals surface area contributed by atoms with Crippen LogP contribution in [0, 0.1) is 0 Å². The number of rotatable bonds is 5. The van der Waals surface area contributed by atoms with E-state index in [0.717, 1.165) is 38.9 Å². The Morgan fingerprint density at radius 1 is 1.05 bits per heavy atom. The van der Waals surface area contributed by atoms with Crippen LogP contribution >= 0.6 is 0 Å². The number of nitrogens with two attached hydrogens (primary N) is 1. The van der Waals surface area contributed by atoms with Crippen LogP contribution in [0.1, 0.15) is 46.0 Å². The Bertz CT molecular complexity index is 376. The summed E-state index contributed by atoms with van der Waals surface area (Å²) >= 11 is 0. The molecule has 114 valence electrons. The number of carbonyl (C=O) groups excluding carboxylic acids is 1. The minimum absolute atomic E-state index is 0.0886. The first-order valence-corrected chi connectivity index (χ1v) is 7.71. The van der Waals surface area contributed by atoms with Crippen LogP contribution in [0.5, 0.6) is 0 Å². The van der Waals surface area contributed by atoms with Gasteiger partial charge in [0.15, 0.2) is 0 Å². The summed E-state index contributed by atoms with van der Waals surface area (Å²) < 4.78 is 10.9. The molecule has 2 aliphatic heterocycles. The molecule has 2 heterocycles. The van der Waals surface area contributed by atoms with Gasteiger partial charge in [0.05, 0.1) is 31.8 Å². The minimum Gasteiger partial charge on any atom is -0.368 e. The zero-order chi connectivity index (χ0) is 14.4. The summed E-state index contributed by atoms with van der Waals surface area (Å²) in [4.78, 5) is 14.8. The fraction of sp³-hybridized carbons (Fsp3) is 0.933. The van der Waals surface area contributed by atoms with Crippen molar-refractivity contribution in [3.8, 4) is 0 Å². The standard InChI is InChI=1S/C15H26N2O3/c1-13(10-19-13)8-17(9-14(2)11-20-14)12(18)15(16)6-4-3-5-7-15/h3-11,16H2,1-2H3. The van der Waals surface area contributed by atoms with E-state index in [2.05, 4.69) is 0 Å². The lowest BCUT2D eigenvalue weighted by molar-refractivity contribution is -0.140. The Morgan fingerprint density at radius 2 is 1.50 bits per heavy atom. The second-order valence-corrected chi connectivity index (χ2v) is 7.36. The number of carbonyl (C=O) groups is 1. The van der Waals surface area contributed by atoms with Crippen LogP contribution in [0.3, 0.4) is 0 Å². The van der Waals surface area contributed by atoms with E-state index in [1.165, 1.54) is 6.42 Å². The molecular formula is C15H26N2O3. The van der Waals surface area contributed by atoms with Gasteiger partial charge in [0.1, 0.15) is 11.2 Å². The number of epoxide rings is 2. The second kappa shape index (κ2) is 4.68. The summed E-state index contributed by atoms with van der Waals surface area (Å²) in [5, 5.41) is 0. The van der Waals surface area contributed by atoms with Gasteiger partial charge >= 0.3 is 0 Å². The molecule has 3 rings (SSSR count). The lowest BCUT2D eigenvalue weighted by Gasteiger charge is -2.38. The van der Waals surface area contributed by atoms with Crippen molar-refractivity contribution in [3.05, 3.63) is 0 Å². The molecule has 0 spiro atoms. The lowest BCUT2D eigenvalue weighted by Crippen LogP contribution is -2.59. The smallest absolute Gasteiger partial charge is 0.242 e. The topological polar surface area (TPSA) is 71.4 Å². The largest absolute Gasteiger partial charge is 0.368 e. The van der Waals surface area contributed by atoms with Crippen molar-refractivity contribution in [1.29, 1.82) is 0 Å². The SMILES string of the molecule is CC1(CN(CC2(C)CO2)C(=O)C2(N)CCCCC2)CO1. The van der Waals surface area contributed by atoms with E-state index in [-0.39, 0.29) is 17.1 Å².